The molecule has 0 unspecified atom stereocenters. The molecule has 0 spiro atoms. The molecular weight excluding hydrogens is 320 g/mol. The molecule has 4 N–H and O–H groups in total. The number of benzene rings is 1. The number of anilines is 2. The molecule has 104 valence electrons. The van der Waals surface area contributed by atoms with Crippen molar-refractivity contribution in [1.82, 2.24) is 10.3 Å². The van der Waals surface area contributed by atoms with Gasteiger partial charge in [0, 0.05) is 6.54 Å². The van der Waals surface area contributed by atoms with Gasteiger partial charge in [0.05, 0.1) is 22.9 Å². The van der Waals surface area contributed by atoms with Crippen LogP contribution in [0.2, 0.25) is 0 Å². The van der Waals surface area contributed by atoms with Crippen LogP contribution < -0.4 is 16.4 Å². The number of aromatic nitrogens is 1. The lowest BCUT2D eigenvalue weighted by Crippen LogP contribution is -2.29. The van der Waals surface area contributed by atoms with Crippen LogP contribution in [0.3, 0.4) is 0 Å². The van der Waals surface area contributed by atoms with E-state index in [0.717, 1.165) is 10.0 Å². The number of amides is 1. The van der Waals surface area contributed by atoms with Gasteiger partial charge in [-0.15, -0.1) is 0 Å². The summed E-state index contributed by atoms with van der Waals surface area (Å²) >= 11 is 3.34. The van der Waals surface area contributed by atoms with Crippen LogP contribution in [0.5, 0.6) is 0 Å². The van der Waals surface area contributed by atoms with Crippen molar-refractivity contribution in [2.45, 2.75) is 6.54 Å². The Bertz CT molecular complexity index is 589. The van der Waals surface area contributed by atoms with E-state index in [1.807, 2.05) is 30.3 Å². The lowest BCUT2D eigenvalue weighted by atomic mass is 10.2. The zero-order valence-corrected chi connectivity index (χ0v) is 12.4. The van der Waals surface area contributed by atoms with E-state index in [1.165, 1.54) is 6.20 Å². The normalized spacial score (nSPS) is 10.1. The number of rotatable bonds is 5. The standard InChI is InChI=1S/C14H15BrN4O/c15-12-6-11(16)8-18-14(12)19-9-13(20)17-7-10-4-2-1-3-5-10/h1-6,8H,7,9,16H2,(H,17,20)(H,18,19). The van der Waals surface area contributed by atoms with Crippen molar-refractivity contribution in [3.8, 4) is 0 Å². The van der Waals surface area contributed by atoms with Crippen molar-refractivity contribution in [2.24, 2.45) is 0 Å². The predicted octanol–water partition coefficient (Wildman–Crippen LogP) is 2.15. The van der Waals surface area contributed by atoms with E-state index >= 15 is 0 Å². The maximum absolute atomic E-state index is 11.7. The van der Waals surface area contributed by atoms with Gasteiger partial charge in [0.1, 0.15) is 5.82 Å². The molecule has 0 bridgehead atoms. The molecule has 20 heavy (non-hydrogen) atoms. The molecule has 0 aliphatic rings. The predicted molar refractivity (Wildman–Crippen MR) is 83.1 cm³/mol. The van der Waals surface area contributed by atoms with E-state index in [-0.39, 0.29) is 12.5 Å². The average molecular weight is 335 g/mol. The molecule has 1 amide bonds. The van der Waals surface area contributed by atoms with Crippen molar-refractivity contribution < 1.29 is 4.79 Å². The number of halogens is 1. The SMILES string of the molecule is Nc1cnc(NCC(=O)NCc2ccccc2)c(Br)c1. The van der Waals surface area contributed by atoms with Crippen LogP contribution in [0.25, 0.3) is 0 Å². The second kappa shape index (κ2) is 6.91. The summed E-state index contributed by atoms with van der Waals surface area (Å²) < 4.78 is 0.730. The van der Waals surface area contributed by atoms with Crippen LogP contribution in [-0.4, -0.2) is 17.4 Å². The van der Waals surface area contributed by atoms with Gasteiger partial charge >= 0.3 is 0 Å². The summed E-state index contributed by atoms with van der Waals surface area (Å²) in [5, 5.41) is 5.78. The third kappa shape index (κ3) is 4.24. The largest absolute Gasteiger partial charge is 0.397 e. The molecule has 5 nitrogen and oxygen atoms in total. The van der Waals surface area contributed by atoms with Crippen LogP contribution in [-0.2, 0) is 11.3 Å². The van der Waals surface area contributed by atoms with Crippen molar-refractivity contribution in [3.63, 3.8) is 0 Å². The number of carbonyl (C=O) groups excluding carboxylic acids is 1. The number of hydrogen-bond acceptors (Lipinski definition) is 4. The highest BCUT2D eigenvalue weighted by Crippen LogP contribution is 2.21. The molecule has 1 aromatic heterocycles. The summed E-state index contributed by atoms with van der Waals surface area (Å²) in [4.78, 5) is 15.8. The summed E-state index contributed by atoms with van der Waals surface area (Å²) in [5.74, 6) is 0.494. The molecular formula is C14H15BrN4O. The first-order valence-corrected chi connectivity index (χ1v) is 6.90. The van der Waals surface area contributed by atoms with E-state index in [4.69, 9.17) is 5.73 Å². The third-order valence-corrected chi connectivity index (χ3v) is 3.22. The second-order valence-corrected chi connectivity index (χ2v) is 5.07. The van der Waals surface area contributed by atoms with E-state index in [0.29, 0.717) is 18.1 Å². The Kier molecular flexibility index (Phi) is 4.95. The first-order chi connectivity index (χ1) is 9.65. The number of nitrogens with one attached hydrogen (secondary N) is 2. The lowest BCUT2D eigenvalue weighted by Gasteiger charge is -2.09. The molecule has 0 radical (unpaired) electrons. The lowest BCUT2D eigenvalue weighted by molar-refractivity contribution is -0.119. The fraction of sp³-hybridized carbons (Fsp3) is 0.143. The first kappa shape index (κ1) is 14.3. The van der Waals surface area contributed by atoms with Gasteiger partial charge in [-0.25, -0.2) is 4.98 Å². The fourth-order valence-corrected chi connectivity index (χ4v) is 2.11. The minimum atomic E-state index is -0.0978. The number of nitrogens with two attached hydrogens (primary N) is 1. The average Bonchev–Trinajstić information content (AvgIpc) is 2.45. The number of nitrogens with zero attached hydrogens (tertiary/aromatic N) is 1. The third-order valence-electron chi connectivity index (χ3n) is 2.61. The van der Waals surface area contributed by atoms with Gasteiger partial charge in [0.25, 0.3) is 0 Å². The highest BCUT2D eigenvalue weighted by molar-refractivity contribution is 9.10. The molecule has 2 rings (SSSR count). The maximum Gasteiger partial charge on any atom is 0.239 e. The minimum Gasteiger partial charge on any atom is -0.397 e. The van der Waals surface area contributed by atoms with Crippen LogP contribution in [0, 0.1) is 0 Å². The molecule has 1 heterocycles. The molecule has 1 aromatic carbocycles. The van der Waals surface area contributed by atoms with E-state index < -0.39 is 0 Å². The zero-order valence-electron chi connectivity index (χ0n) is 10.8. The minimum absolute atomic E-state index is 0.0978. The van der Waals surface area contributed by atoms with Crippen molar-refractivity contribution in [3.05, 3.63) is 52.6 Å². The summed E-state index contributed by atoms with van der Waals surface area (Å²) in [6, 6.07) is 11.5. The van der Waals surface area contributed by atoms with Crippen LogP contribution >= 0.6 is 15.9 Å². The Morgan fingerprint density at radius 1 is 1.30 bits per heavy atom. The Balaban J connectivity index is 1.80. The Morgan fingerprint density at radius 2 is 2.05 bits per heavy atom. The Morgan fingerprint density at radius 3 is 2.75 bits per heavy atom. The molecule has 0 aliphatic heterocycles. The molecule has 0 aliphatic carbocycles. The Hall–Kier alpha value is -2.08. The van der Waals surface area contributed by atoms with Gasteiger partial charge in [-0.05, 0) is 27.6 Å². The number of nitrogen functional groups attached to an aromatic ring is 1. The van der Waals surface area contributed by atoms with E-state index in [9.17, 15) is 4.79 Å². The smallest absolute Gasteiger partial charge is 0.239 e. The first-order valence-electron chi connectivity index (χ1n) is 6.10. The van der Waals surface area contributed by atoms with Crippen LogP contribution in [0.4, 0.5) is 11.5 Å². The fourth-order valence-electron chi connectivity index (χ4n) is 1.61. The summed E-state index contributed by atoms with van der Waals surface area (Å²) in [7, 11) is 0. The highest BCUT2D eigenvalue weighted by atomic mass is 79.9. The number of carbonyl (C=O) groups is 1. The van der Waals surface area contributed by atoms with Gasteiger partial charge in [-0.3, -0.25) is 4.79 Å². The Labute approximate surface area is 125 Å². The van der Waals surface area contributed by atoms with Crippen molar-refractivity contribution in [2.75, 3.05) is 17.6 Å². The van der Waals surface area contributed by atoms with Gasteiger partial charge in [-0.2, -0.15) is 0 Å². The van der Waals surface area contributed by atoms with Crippen molar-refractivity contribution >= 4 is 33.3 Å². The summed E-state index contributed by atoms with van der Waals surface area (Å²) in [5.41, 5.74) is 7.22. The number of hydrogen-bond donors (Lipinski definition) is 3. The van der Waals surface area contributed by atoms with E-state index in [1.54, 1.807) is 6.07 Å². The molecule has 0 saturated heterocycles. The zero-order chi connectivity index (χ0) is 14.4. The maximum atomic E-state index is 11.7. The highest BCUT2D eigenvalue weighted by Gasteiger charge is 2.05. The number of pyridine rings is 1. The molecule has 2 aromatic rings. The topological polar surface area (TPSA) is 80.0 Å². The van der Waals surface area contributed by atoms with E-state index in [2.05, 4.69) is 31.5 Å². The van der Waals surface area contributed by atoms with Crippen molar-refractivity contribution in [1.29, 1.82) is 0 Å². The summed E-state index contributed by atoms with van der Waals surface area (Å²) in [6.45, 7) is 0.667. The quantitative estimate of drug-likeness (QED) is 0.782. The van der Waals surface area contributed by atoms with Gasteiger partial charge in [0.15, 0.2) is 0 Å². The molecule has 6 heteroatoms. The van der Waals surface area contributed by atoms with Gasteiger partial charge in [-0.1, -0.05) is 30.3 Å². The van der Waals surface area contributed by atoms with Crippen LogP contribution in [0.1, 0.15) is 5.56 Å². The van der Waals surface area contributed by atoms with Gasteiger partial charge < -0.3 is 16.4 Å². The molecule has 0 atom stereocenters. The van der Waals surface area contributed by atoms with Gasteiger partial charge in [0.2, 0.25) is 5.91 Å². The van der Waals surface area contributed by atoms with Crippen LogP contribution in [0.15, 0.2) is 47.1 Å². The molecule has 0 fully saturated rings. The molecule has 0 saturated carbocycles. The summed E-state index contributed by atoms with van der Waals surface area (Å²) in [6.07, 6.45) is 1.54. The monoisotopic (exact) mass is 334 g/mol. The second-order valence-electron chi connectivity index (χ2n) is 4.21.